The number of Topliss-reactive ketones (excluding diaryl/α,β-unsaturated/α-hetero) is 1. The van der Waals surface area contributed by atoms with Gasteiger partial charge in [-0.2, -0.15) is 0 Å². The summed E-state index contributed by atoms with van der Waals surface area (Å²) in [5.74, 6) is -1.03. The Kier molecular flexibility index (Phi) is 6.52. The molecule has 1 unspecified atom stereocenters. The molecule has 0 saturated carbocycles. The Hall–Kier alpha value is -2.24. The summed E-state index contributed by atoms with van der Waals surface area (Å²) in [6.45, 7) is 3.69. The minimum absolute atomic E-state index is 0.00892. The summed E-state index contributed by atoms with van der Waals surface area (Å²) in [4.78, 5) is 33.6. The number of hydrogen-bond donors (Lipinski definition) is 1. The van der Waals surface area contributed by atoms with Gasteiger partial charge in [0, 0.05) is 18.7 Å². The number of nitro benzene ring substituents is 1. The lowest BCUT2D eigenvalue weighted by Crippen LogP contribution is -2.34. The van der Waals surface area contributed by atoms with E-state index in [2.05, 4.69) is 5.32 Å². The molecule has 1 rings (SSSR count). The molecule has 0 heterocycles. The molecule has 6 nitrogen and oxygen atoms in total. The Labute approximate surface area is 123 Å². The summed E-state index contributed by atoms with van der Waals surface area (Å²) in [5, 5.41) is 13.2. The quantitative estimate of drug-likeness (QED) is 0.453. The van der Waals surface area contributed by atoms with Gasteiger partial charge in [-0.1, -0.05) is 31.9 Å². The van der Waals surface area contributed by atoms with E-state index in [4.69, 9.17) is 0 Å². The van der Waals surface area contributed by atoms with Gasteiger partial charge in [0.25, 0.3) is 5.69 Å². The van der Waals surface area contributed by atoms with E-state index in [1.54, 1.807) is 12.1 Å². The molecular formula is C15H20N2O4. The molecule has 1 atom stereocenters. The second-order valence-electron chi connectivity index (χ2n) is 4.95. The summed E-state index contributed by atoms with van der Waals surface area (Å²) >= 11 is 0. The van der Waals surface area contributed by atoms with Crippen LogP contribution in [0.4, 0.5) is 5.69 Å². The molecular weight excluding hydrogens is 272 g/mol. The molecule has 1 amide bonds. The third-order valence-corrected chi connectivity index (χ3v) is 3.27. The summed E-state index contributed by atoms with van der Waals surface area (Å²) < 4.78 is 0. The first-order valence-corrected chi connectivity index (χ1v) is 6.97. The van der Waals surface area contributed by atoms with Crippen LogP contribution in [0, 0.1) is 16.0 Å². The molecule has 0 fully saturated rings. The number of rotatable bonds is 8. The topological polar surface area (TPSA) is 89.3 Å². The highest BCUT2D eigenvalue weighted by Crippen LogP contribution is 2.13. The number of hydrogen-bond acceptors (Lipinski definition) is 4. The fourth-order valence-electron chi connectivity index (χ4n) is 1.98. The van der Waals surface area contributed by atoms with Gasteiger partial charge in [-0.3, -0.25) is 19.7 Å². The maximum atomic E-state index is 12.0. The Morgan fingerprint density at radius 1 is 1.29 bits per heavy atom. The number of unbranched alkanes of at least 4 members (excludes halogenated alkanes) is 1. The van der Waals surface area contributed by atoms with Crippen molar-refractivity contribution in [2.75, 3.05) is 0 Å². The first kappa shape index (κ1) is 16.8. The molecule has 0 radical (unpaired) electrons. The van der Waals surface area contributed by atoms with Crippen molar-refractivity contribution in [3.05, 3.63) is 39.9 Å². The predicted molar refractivity (Wildman–Crippen MR) is 78.6 cm³/mol. The standard InChI is InChI=1S/C15H20N2O4/c1-3-4-5-14(11(2)18)15(19)16-10-12-6-8-13(9-7-12)17(20)21/h6-9,14H,3-5,10H2,1-2H3,(H,16,19). The van der Waals surface area contributed by atoms with Crippen LogP contribution >= 0.6 is 0 Å². The van der Waals surface area contributed by atoms with Crippen molar-refractivity contribution in [1.82, 2.24) is 5.32 Å². The van der Waals surface area contributed by atoms with E-state index in [-0.39, 0.29) is 23.9 Å². The maximum Gasteiger partial charge on any atom is 0.269 e. The van der Waals surface area contributed by atoms with Gasteiger partial charge in [0.05, 0.1) is 10.8 Å². The molecule has 0 aliphatic rings. The van der Waals surface area contributed by atoms with Crippen LogP contribution in [-0.2, 0) is 16.1 Å². The number of ketones is 1. The minimum atomic E-state index is -0.608. The number of nitrogens with zero attached hydrogens (tertiary/aromatic N) is 1. The van der Waals surface area contributed by atoms with Gasteiger partial charge in [0.2, 0.25) is 5.91 Å². The van der Waals surface area contributed by atoms with Crippen LogP contribution < -0.4 is 5.32 Å². The first-order chi connectivity index (χ1) is 9.95. The molecule has 0 spiro atoms. The lowest BCUT2D eigenvalue weighted by atomic mass is 9.97. The van der Waals surface area contributed by atoms with Crippen LogP contribution in [-0.4, -0.2) is 16.6 Å². The van der Waals surface area contributed by atoms with E-state index in [0.717, 1.165) is 18.4 Å². The third kappa shape index (κ3) is 5.33. The van der Waals surface area contributed by atoms with E-state index in [9.17, 15) is 19.7 Å². The van der Waals surface area contributed by atoms with E-state index >= 15 is 0 Å². The summed E-state index contributed by atoms with van der Waals surface area (Å²) in [6.07, 6.45) is 2.31. The fourth-order valence-corrected chi connectivity index (χ4v) is 1.98. The SMILES string of the molecule is CCCCC(C(C)=O)C(=O)NCc1ccc([N+](=O)[O-])cc1. The fraction of sp³-hybridized carbons (Fsp3) is 0.467. The molecule has 0 aliphatic carbocycles. The highest BCUT2D eigenvalue weighted by molar-refractivity contribution is 6.00. The van der Waals surface area contributed by atoms with Crippen LogP contribution in [0.5, 0.6) is 0 Å². The van der Waals surface area contributed by atoms with Crippen molar-refractivity contribution < 1.29 is 14.5 Å². The van der Waals surface area contributed by atoms with Crippen molar-refractivity contribution in [3.8, 4) is 0 Å². The summed E-state index contributed by atoms with van der Waals surface area (Å²) in [6, 6.07) is 5.96. The number of carbonyl (C=O) groups excluding carboxylic acids is 2. The second-order valence-corrected chi connectivity index (χ2v) is 4.95. The zero-order chi connectivity index (χ0) is 15.8. The van der Waals surface area contributed by atoms with E-state index < -0.39 is 10.8 Å². The van der Waals surface area contributed by atoms with E-state index in [1.165, 1.54) is 19.1 Å². The van der Waals surface area contributed by atoms with E-state index in [1.807, 2.05) is 6.92 Å². The normalized spacial score (nSPS) is 11.7. The molecule has 1 aromatic rings. The number of benzene rings is 1. The van der Waals surface area contributed by atoms with Crippen LogP contribution in [0.3, 0.4) is 0 Å². The van der Waals surface area contributed by atoms with Crippen molar-refractivity contribution in [1.29, 1.82) is 0 Å². The smallest absolute Gasteiger partial charge is 0.269 e. The van der Waals surface area contributed by atoms with Gasteiger partial charge in [-0.25, -0.2) is 0 Å². The van der Waals surface area contributed by atoms with Crippen LogP contribution in [0.25, 0.3) is 0 Å². The van der Waals surface area contributed by atoms with Crippen molar-refractivity contribution in [2.45, 2.75) is 39.7 Å². The molecule has 0 bridgehead atoms. The Bertz CT molecular complexity index is 511. The Morgan fingerprint density at radius 2 is 1.90 bits per heavy atom. The average Bonchev–Trinajstić information content (AvgIpc) is 2.45. The summed E-state index contributed by atoms with van der Waals surface area (Å²) in [7, 11) is 0. The number of non-ortho nitro benzene ring substituents is 1. The van der Waals surface area contributed by atoms with Gasteiger partial charge in [0.1, 0.15) is 5.78 Å². The monoisotopic (exact) mass is 292 g/mol. The number of amides is 1. The van der Waals surface area contributed by atoms with Crippen molar-refractivity contribution in [3.63, 3.8) is 0 Å². The zero-order valence-electron chi connectivity index (χ0n) is 12.3. The van der Waals surface area contributed by atoms with Crippen molar-refractivity contribution in [2.24, 2.45) is 5.92 Å². The highest BCUT2D eigenvalue weighted by Gasteiger charge is 2.22. The summed E-state index contributed by atoms with van der Waals surface area (Å²) in [5.41, 5.74) is 0.765. The lowest BCUT2D eigenvalue weighted by molar-refractivity contribution is -0.384. The Balaban J connectivity index is 2.57. The van der Waals surface area contributed by atoms with Gasteiger partial charge in [-0.05, 0) is 18.9 Å². The minimum Gasteiger partial charge on any atom is -0.351 e. The molecule has 21 heavy (non-hydrogen) atoms. The largest absolute Gasteiger partial charge is 0.351 e. The number of nitrogens with one attached hydrogen (secondary N) is 1. The molecule has 1 N–H and O–H groups in total. The molecule has 1 aromatic carbocycles. The lowest BCUT2D eigenvalue weighted by Gasteiger charge is -2.13. The van der Waals surface area contributed by atoms with Crippen LogP contribution in [0.15, 0.2) is 24.3 Å². The van der Waals surface area contributed by atoms with Crippen LogP contribution in [0.1, 0.15) is 38.7 Å². The second kappa shape index (κ2) is 8.14. The zero-order valence-corrected chi connectivity index (χ0v) is 12.3. The van der Waals surface area contributed by atoms with Crippen molar-refractivity contribution >= 4 is 17.4 Å². The van der Waals surface area contributed by atoms with Gasteiger partial charge in [-0.15, -0.1) is 0 Å². The van der Waals surface area contributed by atoms with Gasteiger partial charge in [0.15, 0.2) is 0 Å². The average molecular weight is 292 g/mol. The van der Waals surface area contributed by atoms with Gasteiger partial charge >= 0.3 is 0 Å². The van der Waals surface area contributed by atoms with Crippen LogP contribution in [0.2, 0.25) is 0 Å². The molecule has 114 valence electrons. The molecule has 0 aliphatic heterocycles. The highest BCUT2D eigenvalue weighted by atomic mass is 16.6. The van der Waals surface area contributed by atoms with Gasteiger partial charge < -0.3 is 5.32 Å². The van der Waals surface area contributed by atoms with E-state index in [0.29, 0.717) is 6.42 Å². The third-order valence-electron chi connectivity index (χ3n) is 3.27. The number of carbonyl (C=O) groups is 2. The molecule has 0 aromatic heterocycles. The maximum absolute atomic E-state index is 12.0. The number of nitro groups is 1. The Morgan fingerprint density at radius 3 is 2.38 bits per heavy atom. The first-order valence-electron chi connectivity index (χ1n) is 6.97. The molecule has 6 heteroatoms. The molecule has 0 saturated heterocycles. The predicted octanol–water partition coefficient (Wildman–Crippen LogP) is 2.61.